The van der Waals surface area contributed by atoms with Crippen LogP contribution in [0.5, 0.6) is 0 Å². The van der Waals surface area contributed by atoms with Crippen LogP contribution in [0.2, 0.25) is 0 Å². The largest absolute Gasteiger partial charge is 0.352 e. The first-order valence-electron chi connectivity index (χ1n) is 11.0. The lowest BCUT2D eigenvalue weighted by Crippen LogP contribution is -2.51. The maximum atomic E-state index is 13.1. The van der Waals surface area contributed by atoms with Crippen molar-refractivity contribution in [1.29, 1.82) is 0 Å². The number of carbonyl (C=O) groups excluding carboxylic acids is 2. The van der Waals surface area contributed by atoms with Crippen LogP contribution in [0.1, 0.15) is 17.5 Å². The number of benzene rings is 1. The Balaban J connectivity index is 1.20. The molecule has 166 valence electrons. The van der Waals surface area contributed by atoms with Crippen molar-refractivity contribution in [2.24, 2.45) is 13.0 Å². The molecular weight excluding hydrogens is 406 g/mol. The van der Waals surface area contributed by atoms with Gasteiger partial charge in [-0.15, -0.1) is 0 Å². The van der Waals surface area contributed by atoms with Crippen LogP contribution < -0.4 is 4.90 Å². The molecule has 2 fully saturated rings. The third-order valence-corrected chi connectivity index (χ3v) is 6.46. The van der Waals surface area contributed by atoms with Crippen molar-refractivity contribution in [3.05, 3.63) is 47.9 Å². The molecule has 0 N–H and O–H groups in total. The van der Waals surface area contributed by atoms with E-state index < -0.39 is 0 Å². The van der Waals surface area contributed by atoms with E-state index in [2.05, 4.69) is 32.1 Å². The molecular formula is C23H27N7O2. The number of fused-ring (bicyclic) bond motifs is 1. The van der Waals surface area contributed by atoms with Gasteiger partial charge >= 0.3 is 0 Å². The average molecular weight is 434 g/mol. The Morgan fingerprint density at radius 1 is 1.09 bits per heavy atom. The molecule has 0 radical (unpaired) electrons. The highest BCUT2D eigenvalue weighted by atomic mass is 16.2. The van der Waals surface area contributed by atoms with Gasteiger partial charge in [0.05, 0.1) is 17.5 Å². The van der Waals surface area contributed by atoms with Crippen molar-refractivity contribution in [2.75, 3.05) is 37.6 Å². The molecule has 4 heterocycles. The van der Waals surface area contributed by atoms with Crippen LogP contribution in [0.15, 0.2) is 36.8 Å². The fourth-order valence-electron chi connectivity index (χ4n) is 4.60. The number of aromatic nitrogens is 4. The topological polar surface area (TPSA) is 87.5 Å². The minimum Gasteiger partial charge on any atom is -0.352 e. The monoisotopic (exact) mass is 433 g/mol. The third kappa shape index (κ3) is 3.79. The lowest BCUT2D eigenvalue weighted by Gasteiger charge is -2.36. The smallest absolute Gasteiger partial charge is 0.228 e. The number of piperazine rings is 1. The number of rotatable bonds is 4. The minimum absolute atomic E-state index is 0.0579. The number of aryl methyl sites for hydroxylation is 2. The Kier molecular flexibility index (Phi) is 5.24. The Morgan fingerprint density at radius 3 is 2.59 bits per heavy atom. The van der Waals surface area contributed by atoms with E-state index in [4.69, 9.17) is 0 Å². The van der Waals surface area contributed by atoms with E-state index >= 15 is 0 Å². The molecule has 9 heteroatoms. The Labute approximate surface area is 186 Å². The molecule has 2 saturated heterocycles. The zero-order valence-corrected chi connectivity index (χ0v) is 18.4. The number of anilines is 1. The normalized spacial score (nSPS) is 19.2. The Hall–Kier alpha value is -3.49. The van der Waals surface area contributed by atoms with Crippen molar-refractivity contribution in [1.82, 2.24) is 29.5 Å². The summed E-state index contributed by atoms with van der Waals surface area (Å²) in [6.45, 7) is 5.73. The number of amides is 2. The molecule has 0 spiro atoms. The molecule has 2 aromatic heterocycles. The van der Waals surface area contributed by atoms with E-state index in [0.717, 1.165) is 22.4 Å². The Morgan fingerprint density at radius 2 is 1.84 bits per heavy atom. The summed E-state index contributed by atoms with van der Waals surface area (Å²) >= 11 is 0. The maximum Gasteiger partial charge on any atom is 0.228 e. The van der Waals surface area contributed by atoms with Gasteiger partial charge in [-0.25, -0.2) is 9.97 Å². The number of nitrogens with zero attached hydrogens (tertiary/aromatic N) is 7. The molecule has 0 saturated carbocycles. The van der Waals surface area contributed by atoms with Gasteiger partial charge in [0.15, 0.2) is 5.65 Å². The van der Waals surface area contributed by atoms with E-state index in [0.29, 0.717) is 45.7 Å². The van der Waals surface area contributed by atoms with Gasteiger partial charge in [-0.05, 0) is 12.5 Å². The van der Waals surface area contributed by atoms with Crippen molar-refractivity contribution < 1.29 is 9.59 Å². The zero-order chi connectivity index (χ0) is 22.2. The fourth-order valence-corrected chi connectivity index (χ4v) is 4.60. The highest BCUT2D eigenvalue weighted by Gasteiger charge is 2.37. The molecule has 32 heavy (non-hydrogen) atoms. The summed E-state index contributed by atoms with van der Waals surface area (Å²) in [7, 11) is 1.86. The van der Waals surface area contributed by atoms with Crippen LogP contribution in [-0.2, 0) is 23.2 Å². The highest BCUT2D eigenvalue weighted by molar-refractivity contribution is 5.90. The lowest BCUT2D eigenvalue weighted by molar-refractivity contribution is -0.136. The summed E-state index contributed by atoms with van der Waals surface area (Å²) in [5.74, 6) is 0.736. The van der Waals surface area contributed by atoms with E-state index in [1.165, 1.54) is 5.56 Å². The summed E-state index contributed by atoms with van der Waals surface area (Å²) in [5, 5.41) is 5.20. The van der Waals surface area contributed by atoms with Crippen LogP contribution in [-0.4, -0.2) is 74.1 Å². The van der Waals surface area contributed by atoms with Gasteiger partial charge in [0, 0.05) is 52.7 Å². The summed E-state index contributed by atoms with van der Waals surface area (Å²) in [6, 6.07) is 8.19. The van der Waals surface area contributed by atoms with Crippen molar-refractivity contribution in [3.8, 4) is 0 Å². The molecule has 0 aliphatic carbocycles. The van der Waals surface area contributed by atoms with Gasteiger partial charge in [0.25, 0.3) is 0 Å². The molecule has 3 aromatic rings. The molecule has 1 unspecified atom stereocenters. The van der Waals surface area contributed by atoms with E-state index in [9.17, 15) is 9.59 Å². The first kappa shape index (κ1) is 20.4. The predicted molar refractivity (Wildman–Crippen MR) is 120 cm³/mol. The molecule has 2 amide bonds. The summed E-state index contributed by atoms with van der Waals surface area (Å²) in [5.41, 5.74) is 3.09. The third-order valence-electron chi connectivity index (χ3n) is 6.46. The summed E-state index contributed by atoms with van der Waals surface area (Å²) in [4.78, 5) is 40.3. The average Bonchev–Trinajstić information content (AvgIpc) is 3.37. The second-order valence-electron chi connectivity index (χ2n) is 8.68. The quantitative estimate of drug-likeness (QED) is 0.618. The van der Waals surface area contributed by atoms with E-state index in [-0.39, 0.29) is 17.7 Å². The lowest BCUT2D eigenvalue weighted by atomic mass is 10.1. The standard InChI is InChI=1S/C23H27N7O2/c1-16-3-5-17(6-4-16)13-30-14-18(11-20(30)31)23(32)29-9-7-28(8-10-29)22-19-12-26-27(2)21(19)24-15-25-22/h3-6,12,15,18H,7-11,13-14H2,1-2H3. The molecule has 2 aliphatic heterocycles. The van der Waals surface area contributed by atoms with Gasteiger partial charge in [0.1, 0.15) is 12.1 Å². The predicted octanol–water partition coefficient (Wildman–Crippen LogP) is 1.37. The van der Waals surface area contributed by atoms with Crippen LogP contribution >= 0.6 is 0 Å². The first-order chi connectivity index (χ1) is 15.5. The fraction of sp³-hybridized carbons (Fsp3) is 0.435. The molecule has 9 nitrogen and oxygen atoms in total. The summed E-state index contributed by atoms with van der Waals surface area (Å²) in [6.07, 6.45) is 3.64. The highest BCUT2D eigenvalue weighted by Crippen LogP contribution is 2.26. The first-order valence-corrected chi connectivity index (χ1v) is 11.0. The minimum atomic E-state index is -0.261. The van der Waals surface area contributed by atoms with E-state index in [1.807, 2.05) is 35.9 Å². The number of likely N-dealkylation sites (tertiary alicyclic amines) is 1. The second kappa shape index (κ2) is 8.22. The number of carbonyl (C=O) groups is 2. The van der Waals surface area contributed by atoms with Crippen molar-refractivity contribution in [2.45, 2.75) is 19.9 Å². The van der Waals surface area contributed by atoms with Gasteiger partial charge in [-0.3, -0.25) is 14.3 Å². The number of hydrogen-bond donors (Lipinski definition) is 0. The molecule has 2 aliphatic rings. The van der Waals surface area contributed by atoms with Gasteiger partial charge in [-0.1, -0.05) is 29.8 Å². The van der Waals surface area contributed by atoms with Crippen LogP contribution in [0, 0.1) is 12.8 Å². The van der Waals surface area contributed by atoms with Crippen LogP contribution in [0.3, 0.4) is 0 Å². The second-order valence-corrected chi connectivity index (χ2v) is 8.68. The van der Waals surface area contributed by atoms with Gasteiger partial charge in [0.2, 0.25) is 11.8 Å². The maximum absolute atomic E-state index is 13.1. The van der Waals surface area contributed by atoms with Crippen molar-refractivity contribution >= 4 is 28.7 Å². The SMILES string of the molecule is Cc1ccc(CN2CC(C(=O)N3CCN(c4ncnc5c4cnn5C)CC3)CC2=O)cc1. The van der Waals surface area contributed by atoms with E-state index in [1.54, 1.807) is 17.2 Å². The zero-order valence-electron chi connectivity index (χ0n) is 18.4. The number of hydrogen-bond acceptors (Lipinski definition) is 6. The molecule has 1 aromatic carbocycles. The summed E-state index contributed by atoms with van der Waals surface area (Å²) < 4.78 is 1.74. The van der Waals surface area contributed by atoms with Gasteiger partial charge in [-0.2, -0.15) is 5.10 Å². The van der Waals surface area contributed by atoms with Crippen LogP contribution in [0.4, 0.5) is 5.82 Å². The van der Waals surface area contributed by atoms with Gasteiger partial charge < -0.3 is 14.7 Å². The molecule has 1 atom stereocenters. The molecule has 5 rings (SSSR count). The molecule has 0 bridgehead atoms. The van der Waals surface area contributed by atoms with Crippen LogP contribution in [0.25, 0.3) is 11.0 Å². The van der Waals surface area contributed by atoms with Crippen molar-refractivity contribution in [3.63, 3.8) is 0 Å². The Bertz CT molecular complexity index is 1150.